The van der Waals surface area contributed by atoms with Gasteiger partial charge in [0.15, 0.2) is 0 Å². The Labute approximate surface area is 82.0 Å². The number of carbonyl (C=O) groups excluding carboxylic acids is 1. The van der Waals surface area contributed by atoms with Gasteiger partial charge in [0.25, 0.3) is 0 Å². The molecule has 1 atom stereocenters. The third-order valence-corrected chi connectivity index (χ3v) is 2.69. The zero-order valence-corrected chi connectivity index (χ0v) is 8.44. The molecule has 0 heterocycles. The van der Waals surface area contributed by atoms with E-state index < -0.39 is 0 Å². The summed E-state index contributed by atoms with van der Waals surface area (Å²) in [6, 6.07) is 9.91. The molecule has 1 aromatic carbocycles. The first-order valence-electron chi connectivity index (χ1n) is 3.64. The quantitative estimate of drug-likeness (QED) is 0.732. The van der Waals surface area contributed by atoms with Gasteiger partial charge >= 0.3 is 0 Å². The van der Waals surface area contributed by atoms with E-state index in [1.165, 1.54) is 11.8 Å². The van der Waals surface area contributed by atoms with E-state index in [1.54, 1.807) is 0 Å². The van der Waals surface area contributed by atoms with Crippen molar-refractivity contribution in [3.8, 4) is 0 Å². The van der Waals surface area contributed by atoms with Crippen molar-refractivity contribution in [2.24, 2.45) is 0 Å². The van der Waals surface area contributed by atoms with Gasteiger partial charge in [-0.25, -0.2) is 0 Å². The molecule has 0 spiro atoms. The molecule has 3 heteroatoms. The van der Waals surface area contributed by atoms with Crippen molar-refractivity contribution in [1.82, 2.24) is 0 Å². The summed E-state index contributed by atoms with van der Waals surface area (Å²) in [5.41, 5.74) is 1.16. The molecular formula is C9H10OS2. The molecule has 12 heavy (non-hydrogen) atoms. The number of thiol groups is 1. The molecule has 0 saturated carbocycles. The van der Waals surface area contributed by atoms with E-state index in [2.05, 4.69) is 12.6 Å². The van der Waals surface area contributed by atoms with Gasteiger partial charge < -0.3 is 0 Å². The predicted molar refractivity (Wildman–Crippen MR) is 56.8 cm³/mol. The van der Waals surface area contributed by atoms with Gasteiger partial charge in [-0.1, -0.05) is 54.7 Å². The van der Waals surface area contributed by atoms with Crippen LogP contribution in [0.3, 0.4) is 0 Å². The van der Waals surface area contributed by atoms with Crippen LogP contribution in [0.1, 0.15) is 17.7 Å². The summed E-state index contributed by atoms with van der Waals surface area (Å²) in [4.78, 5) is 10.7. The minimum atomic E-state index is -0.133. The number of benzene rings is 1. The van der Waals surface area contributed by atoms with Crippen LogP contribution in [0.4, 0.5) is 4.79 Å². The van der Waals surface area contributed by atoms with E-state index in [9.17, 15) is 4.79 Å². The predicted octanol–water partition coefficient (Wildman–Crippen LogP) is 3.53. The van der Waals surface area contributed by atoms with E-state index >= 15 is 0 Å². The van der Waals surface area contributed by atoms with E-state index in [0.717, 1.165) is 5.56 Å². The molecule has 1 unspecified atom stereocenters. The first kappa shape index (κ1) is 9.68. The van der Waals surface area contributed by atoms with Crippen molar-refractivity contribution in [2.75, 3.05) is 0 Å². The number of hydrogen-bond acceptors (Lipinski definition) is 2. The van der Waals surface area contributed by atoms with Crippen molar-refractivity contribution >= 4 is 28.8 Å². The third kappa shape index (κ3) is 2.91. The smallest absolute Gasteiger partial charge is 0.243 e. The summed E-state index contributed by atoms with van der Waals surface area (Å²) in [7, 11) is 0. The fourth-order valence-corrected chi connectivity index (χ4v) is 2.01. The SMILES string of the molecule is CC(SC(=O)S)c1ccccc1. The van der Waals surface area contributed by atoms with E-state index in [1.807, 2.05) is 37.3 Å². The van der Waals surface area contributed by atoms with E-state index in [4.69, 9.17) is 0 Å². The van der Waals surface area contributed by atoms with Crippen molar-refractivity contribution in [1.29, 1.82) is 0 Å². The Balaban J connectivity index is 2.65. The molecule has 0 aromatic heterocycles. The van der Waals surface area contributed by atoms with Gasteiger partial charge in [0, 0.05) is 5.25 Å². The maximum Gasteiger partial charge on any atom is 0.243 e. The molecule has 1 nitrogen and oxygen atoms in total. The fourth-order valence-electron chi connectivity index (χ4n) is 0.943. The summed E-state index contributed by atoms with van der Waals surface area (Å²) in [5, 5.41) is 0.191. The minimum Gasteiger partial charge on any atom is -0.275 e. The Bertz CT molecular complexity index is 258. The highest BCUT2D eigenvalue weighted by Crippen LogP contribution is 2.29. The Morgan fingerprint density at radius 1 is 1.42 bits per heavy atom. The molecule has 0 radical (unpaired) electrons. The molecule has 0 aliphatic rings. The topological polar surface area (TPSA) is 17.1 Å². The molecule has 1 rings (SSSR count). The summed E-state index contributed by atoms with van der Waals surface area (Å²) < 4.78 is -0.133. The van der Waals surface area contributed by atoms with Crippen LogP contribution in [-0.4, -0.2) is 4.45 Å². The van der Waals surface area contributed by atoms with Crippen LogP contribution in [0.15, 0.2) is 30.3 Å². The summed E-state index contributed by atoms with van der Waals surface area (Å²) in [6.45, 7) is 1.99. The largest absolute Gasteiger partial charge is 0.275 e. The lowest BCUT2D eigenvalue weighted by Crippen LogP contribution is -1.88. The molecular weight excluding hydrogens is 188 g/mol. The highest BCUT2D eigenvalue weighted by molar-refractivity contribution is 8.32. The van der Waals surface area contributed by atoms with Crippen LogP contribution < -0.4 is 0 Å². The van der Waals surface area contributed by atoms with E-state index in [0.29, 0.717) is 0 Å². The third-order valence-electron chi connectivity index (χ3n) is 1.55. The molecule has 0 aliphatic heterocycles. The molecule has 64 valence electrons. The second-order valence-corrected chi connectivity index (χ2v) is 4.46. The zero-order valence-electron chi connectivity index (χ0n) is 6.73. The van der Waals surface area contributed by atoms with Crippen LogP contribution in [-0.2, 0) is 0 Å². The Morgan fingerprint density at radius 2 is 2.00 bits per heavy atom. The summed E-state index contributed by atoms with van der Waals surface area (Å²) >= 11 is 4.94. The van der Waals surface area contributed by atoms with Crippen LogP contribution in [0, 0.1) is 0 Å². The van der Waals surface area contributed by atoms with E-state index in [-0.39, 0.29) is 9.70 Å². The van der Waals surface area contributed by atoms with Crippen molar-refractivity contribution in [3.63, 3.8) is 0 Å². The van der Waals surface area contributed by atoms with Crippen molar-refractivity contribution < 1.29 is 4.79 Å². The highest BCUT2D eigenvalue weighted by atomic mass is 32.2. The van der Waals surface area contributed by atoms with Crippen LogP contribution >= 0.6 is 24.4 Å². The van der Waals surface area contributed by atoms with Crippen LogP contribution in [0.25, 0.3) is 0 Å². The van der Waals surface area contributed by atoms with Gasteiger partial charge in [0.1, 0.15) is 0 Å². The zero-order chi connectivity index (χ0) is 8.97. The Kier molecular flexibility index (Phi) is 3.69. The molecule has 0 fully saturated rings. The van der Waals surface area contributed by atoms with Gasteiger partial charge in [-0.2, -0.15) is 0 Å². The highest BCUT2D eigenvalue weighted by Gasteiger charge is 2.07. The lowest BCUT2D eigenvalue weighted by molar-refractivity contribution is 0.277. The van der Waals surface area contributed by atoms with Crippen molar-refractivity contribution in [2.45, 2.75) is 12.2 Å². The van der Waals surface area contributed by atoms with Gasteiger partial charge in [-0.3, -0.25) is 4.79 Å². The number of carbonyl (C=O) groups is 1. The van der Waals surface area contributed by atoms with Gasteiger partial charge in [-0.05, 0) is 12.5 Å². The first-order valence-corrected chi connectivity index (χ1v) is 4.97. The number of thioether (sulfide) groups is 1. The maximum absolute atomic E-state index is 10.7. The fraction of sp³-hybridized carbons (Fsp3) is 0.222. The molecule has 0 amide bonds. The minimum absolute atomic E-state index is 0.133. The lowest BCUT2D eigenvalue weighted by Gasteiger charge is -2.07. The number of hydrogen-bond donors (Lipinski definition) is 1. The molecule has 0 bridgehead atoms. The molecule has 0 saturated heterocycles. The van der Waals surface area contributed by atoms with Gasteiger partial charge in [0.05, 0.1) is 0 Å². The standard InChI is InChI=1S/C9H10OS2/c1-7(12-9(10)11)8-5-3-2-4-6-8/h2-7H,1H3,(H,10,11). The average molecular weight is 198 g/mol. The second kappa shape index (κ2) is 4.58. The molecule has 0 aliphatic carbocycles. The summed E-state index contributed by atoms with van der Waals surface area (Å²) in [5.74, 6) is 0. The van der Waals surface area contributed by atoms with Gasteiger partial charge in [0.2, 0.25) is 4.45 Å². The first-order chi connectivity index (χ1) is 5.70. The molecule has 1 aromatic rings. The molecule has 0 N–H and O–H groups in total. The monoisotopic (exact) mass is 198 g/mol. The van der Waals surface area contributed by atoms with Gasteiger partial charge in [-0.15, -0.1) is 0 Å². The van der Waals surface area contributed by atoms with Crippen molar-refractivity contribution in [3.05, 3.63) is 35.9 Å². The van der Waals surface area contributed by atoms with Crippen LogP contribution in [0.5, 0.6) is 0 Å². The lowest BCUT2D eigenvalue weighted by atomic mass is 10.2. The maximum atomic E-state index is 10.7. The Morgan fingerprint density at radius 3 is 2.50 bits per heavy atom. The second-order valence-electron chi connectivity index (χ2n) is 2.44. The number of rotatable bonds is 2. The van der Waals surface area contributed by atoms with Crippen LogP contribution in [0.2, 0.25) is 0 Å². The normalized spacial score (nSPS) is 12.5. The summed E-state index contributed by atoms with van der Waals surface area (Å²) in [6.07, 6.45) is 0. The average Bonchev–Trinajstić information content (AvgIpc) is 2.05. The Hall–Kier alpha value is -0.410.